The van der Waals surface area contributed by atoms with Crippen molar-refractivity contribution in [2.24, 2.45) is 0 Å². The van der Waals surface area contributed by atoms with Crippen LogP contribution in [0.5, 0.6) is 0 Å². The smallest absolute Gasteiger partial charge is 0.270 e. The number of carbonyl (C=O) groups is 1. The highest BCUT2D eigenvalue weighted by atomic mass is 35.5. The molecule has 2 aromatic heterocycles. The van der Waals surface area contributed by atoms with Crippen LogP contribution in [0.4, 0.5) is 5.69 Å². The Bertz CT molecular complexity index is 1150. The molecule has 0 aliphatic carbocycles. The molecule has 1 aliphatic rings. The van der Waals surface area contributed by atoms with Gasteiger partial charge in [-0.1, -0.05) is 24.6 Å². The second-order valence-electron chi connectivity index (χ2n) is 7.54. The molecule has 0 saturated carbocycles. The van der Waals surface area contributed by atoms with Crippen LogP contribution in [0.3, 0.4) is 0 Å². The SMILES string of the molecule is CCc1nc2ccc(CN3CCN(c4ccc(C(=O)NC)nc4)CC3)c(Cl)c2[nH]c1=O. The number of aromatic nitrogens is 3. The van der Waals surface area contributed by atoms with E-state index >= 15 is 0 Å². The van der Waals surface area contributed by atoms with Gasteiger partial charge in [-0.15, -0.1) is 0 Å². The van der Waals surface area contributed by atoms with Crippen molar-refractivity contribution in [3.8, 4) is 0 Å². The molecule has 0 atom stereocenters. The molecule has 1 aliphatic heterocycles. The Kier molecular flexibility index (Phi) is 6.20. The fourth-order valence-electron chi connectivity index (χ4n) is 3.81. The molecule has 4 rings (SSSR count). The van der Waals surface area contributed by atoms with E-state index in [1.54, 1.807) is 19.3 Å². The van der Waals surface area contributed by atoms with Crippen LogP contribution in [0.1, 0.15) is 28.7 Å². The third-order valence-electron chi connectivity index (χ3n) is 5.63. The van der Waals surface area contributed by atoms with Crippen molar-refractivity contribution >= 4 is 34.2 Å². The van der Waals surface area contributed by atoms with Gasteiger partial charge in [-0.05, 0) is 30.2 Å². The Labute approximate surface area is 185 Å². The first-order valence-electron chi connectivity index (χ1n) is 10.4. The van der Waals surface area contributed by atoms with Gasteiger partial charge >= 0.3 is 0 Å². The quantitative estimate of drug-likeness (QED) is 0.631. The number of rotatable bonds is 5. The minimum atomic E-state index is -0.189. The first-order chi connectivity index (χ1) is 15.0. The molecule has 0 radical (unpaired) electrons. The third kappa shape index (κ3) is 4.40. The summed E-state index contributed by atoms with van der Waals surface area (Å²) >= 11 is 6.62. The van der Waals surface area contributed by atoms with E-state index in [-0.39, 0.29) is 11.5 Å². The van der Waals surface area contributed by atoms with Crippen molar-refractivity contribution in [3.05, 3.63) is 62.8 Å². The molecule has 0 spiro atoms. The Balaban J connectivity index is 1.43. The summed E-state index contributed by atoms with van der Waals surface area (Å²) in [7, 11) is 1.59. The van der Waals surface area contributed by atoms with Crippen LogP contribution < -0.4 is 15.8 Å². The topological polar surface area (TPSA) is 94.2 Å². The summed E-state index contributed by atoms with van der Waals surface area (Å²) in [5.41, 5.74) is 4.04. The minimum absolute atomic E-state index is 0.182. The molecular formula is C22H25ClN6O2. The second-order valence-corrected chi connectivity index (χ2v) is 7.92. The standard InChI is InChI=1S/C22H25ClN6O2/c1-3-16-22(31)27-20-17(26-16)6-4-14(19(20)23)13-28-8-10-29(11-9-28)15-5-7-18(25-12-15)21(30)24-2/h4-7,12H,3,8-11,13H2,1-2H3,(H,24,30)(H,27,31). The molecular weight excluding hydrogens is 416 g/mol. The third-order valence-corrected chi connectivity index (χ3v) is 6.06. The lowest BCUT2D eigenvalue weighted by Gasteiger charge is -2.36. The van der Waals surface area contributed by atoms with Crippen molar-refractivity contribution in [2.75, 3.05) is 38.1 Å². The summed E-state index contributed by atoms with van der Waals surface area (Å²) in [6.45, 7) is 6.05. The van der Waals surface area contributed by atoms with E-state index in [2.05, 4.69) is 30.1 Å². The van der Waals surface area contributed by atoms with E-state index in [9.17, 15) is 9.59 Å². The van der Waals surface area contributed by atoms with Crippen molar-refractivity contribution in [2.45, 2.75) is 19.9 Å². The maximum atomic E-state index is 12.1. The van der Waals surface area contributed by atoms with Crippen LogP contribution in [0.25, 0.3) is 11.0 Å². The number of nitrogens with one attached hydrogen (secondary N) is 2. The fraction of sp³-hybridized carbons (Fsp3) is 0.364. The van der Waals surface area contributed by atoms with Gasteiger partial charge in [0.25, 0.3) is 11.5 Å². The summed E-state index contributed by atoms with van der Waals surface area (Å²) in [5.74, 6) is -0.189. The van der Waals surface area contributed by atoms with Crippen molar-refractivity contribution < 1.29 is 4.79 Å². The Morgan fingerprint density at radius 3 is 2.61 bits per heavy atom. The zero-order valence-corrected chi connectivity index (χ0v) is 18.4. The molecule has 8 nitrogen and oxygen atoms in total. The van der Waals surface area contributed by atoms with Crippen LogP contribution in [0.2, 0.25) is 5.02 Å². The lowest BCUT2D eigenvalue weighted by Crippen LogP contribution is -2.46. The number of carbonyl (C=O) groups excluding carboxylic acids is 1. The van der Waals surface area contributed by atoms with E-state index in [1.165, 1.54) is 0 Å². The number of halogens is 1. The predicted octanol–water partition coefficient (Wildman–Crippen LogP) is 2.22. The summed E-state index contributed by atoms with van der Waals surface area (Å²) in [6.07, 6.45) is 2.33. The van der Waals surface area contributed by atoms with Crippen LogP contribution in [-0.2, 0) is 13.0 Å². The van der Waals surface area contributed by atoms with Gasteiger partial charge in [0.15, 0.2) is 0 Å². The maximum Gasteiger partial charge on any atom is 0.270 e. The Hall–Kier alpha value is -2.97. The lowest BCUT2D eigenvalue weighted by atomic mass is 10.1. The van der Waals surface area contributed by atoms with Crippen LogP contribution in [0, 0.1) is 0 Å². The molecule has 162 valence electrons. The summed E-state index contributed by atoms with van der Waals surface area (Å²) in [4.78, 5) is 40.0. The lowest BCUT2D eigenvalue weighted by molar-refractivity contribution is 0.0958. The molecule has 0 unspecified atom stereocenters. The number of fused-ring (bicyclic) bond motifs is 1. The number of hydrogen-bond donors (Lipinski definition) is 2. The normalized spacial score (nSPS) is 14.7. The number of piperazine rings is 1. The highest BCUT2D eigenvalue weighted by Crippen LogP contribution is 2.26. The Morgan fingerprint density at radius 1 is 1.19 bits per heavy atom. The van der Waals surface area contributed by atoms with E-state index in [0.717, 1.165) is 37.4 Å². The molecule has 1 saturated heterocycles. The van der Waals surface area contributed by atoms with Gasteiger partial charge in [-0.25, -0.2) is 9.97 Å². The highest BCUT2D eigenvalue weighted by Gasteiger charge is 2.20. The number of H-pyrrole nitrogens is 1. The average molecular weight is 441 g/mol. The average Bonchev–Trinajstić information content (AvgIpc) is 2.81. The molecule has 31 heavy (non-hydrogen) atoms. The van der Waals surface area contributed by atoms with Gasteiger partial charge in [0.1, 0.15) is 11.4 Å². The van der Waals surface area contributed by atoms with Crippen LogP contribution >= 0.6 is 11.6 Å². The molecule has 0 bridgehead atoms. The van der Waals surface area contributed by atoms with Gasteiger partial charge in [-0.3, -0.25) is 14.5 Å². The number of hydrogen-bond acceptors (Lipinski definition) is 6. The molecule has 1 amide bonds. The molecule has 2 N–H and O–H groups in total. The largest absolute Gasteiger partial charge is 0.368 e. The highest BCUT2D eigenvalue weighted by molar-refractivity contribution is 6.35. The fourth-order valence-corrected chi connectivity index (χ4v) is 4.07. The maximum absolute atomic E-state index is 12.1. The Morgan fingerprint density at radius 2 is 1.97 bits per heavy atom. The van der Waals surface area contributed by atoms with Gasteiger partial charge in [0, 0.05) is 39.8 Å². The molecule has 3 heterocycles. The molecule has 9 heteroatoms. The van der Waals surface area contributed by atoms with E-state index < -0.39 is 0 Å². The van der Waals surface area contributed by atoms with Crippen LogP contribution in [-0.4, -0.2) is 59.0 Å². The number of aromatic amines is 1. The number of amides is 1. The number of anilines is 1. The van der Waals surface area contributed by atoms with Gasteiger partial charge < -0.3 is 15.2 Å². The number of benzene rings is 1. The number of aryl methyl sites for hydroxylation is 1. The van der Waals surface area contributed by atoms with E-state index in [4.69, 9.17) is 11.6 Å². The zero-order chi connectivity index (χ0) is 22.0. The molecule has 3 aromatic rings. The van der Waals surface area contributed by atoms with Crippen molar-refractivity contribution in [1.82, 2.24) is 25.2 Å². The number of pyridine rings is 1. The monoisotopic (exact) mass is 440 g/mol. The molecule has 1 aromatic carbocycles. The predicted molar refractivity (Wildman–Crippen MR) is 122 cm³/mol. The first-order valence-corrected chi connectivity index (χ1v) is 10.7. The van der Waals surface area contributed by atoms with Gasteiger partial charge in [-0.2, -0.15) is 0 Å². The number of nitrogens with zero attached hydrogens (tertiary/aromatic N) is 4. The summed E-state index contributed by atoms with van der Waals surface area (Å²) < 4.78 is 0. The minimum Gasteiger partial charge on any atom is -0.368 e. The van der Waals surface area contributed by atoms with Crippen LogP contribution in [0.15, 0.2) is 35.3 Å². The molecule has 1 fully saturated rings. The second kappa shape index (κ2) is 9.03. The van der Waals surface area contributed by atoms with E-state index in [1.807, 2.05) is 25.1 Å². The van der Waals surface area contributed by atoms with Crippen molar-refractivity contribution in [3.63, 3.8) is 0 Å². The summed E-state index contributed by atoms with van der Waals surface area (Å²) in [5, 5.41) is 3.13. The zero-order valence-electron chi connectivity index (χ0n) is 17.6. The summed E-state index contributed by atoms with van der Waals surface area (Å²) in [6, 6.07) is 7.58. The van der Waals surface area contributed by atoms with E-state index in [0.29, 0.717) is 40.4 Å². The first kappa shape index (κ1) is 21.3. The van der Waals surface area contributed by atoms with Gasteiger partial charge in [0.2, 0.25) is 0 Å². The van der Waals surface area contributed by atoms with Gasteiger partial charge in [0.05, 0.1) is 27.9 Å². The van der Waals surface area contributed by atoms with Crippen molar-refractivity contribution in [1.29, 1.82) is 0 Å².